The van der Waals surface area contributed by atoms with Gasteiger partial charge in [0.15, 0.2) is 0 Å². The Bertz CT molecular complexity index is 657. The molecule has 5 nitrogen and oxygen atoms in total. The highest BCUT2D eigenvalue weighted by atomic mass is 32.1. The average molecular weight is 272 g/mol. The van der Waals surface area contributed by atoms with Gasteiger partial charge in [-0.1, -0.05) is 12.1 Å². The number of anilines is 1. The summed E-state index contributed by atoms with van der Waals surface area (Å²) < 4.78 is 0. The molecule has 2 rings (SSSR count). The fourth-order valence-electron chi connectivity index (χ4n) is 1.62. The van der Waals surface area contributed by atoms with Gasteiger partial charge in [-0.15, -0.1) is 11.3 Å². The molecule has 0 spiro atoms. The van der Waals surface area contributed by atoms with Crippen LogP contribution in [0.2, 0.25) is 0 Å². The highest BCUT2D eigenvalue weighted by Gasteiger charge is 2.15. The summed E-state index contributed by atoms with van der Waals surface area (Å²) in [5.74, 6) is -0.266. The summed E-state index contributed by atoms with van der Waals surface area (Å²) in [6.45, 7) is 2.08. The number of aryl methyl sites for hydroxylation is 1. The van der Waals surface area contributed by atoms with Crippen molar-refractivity contribution in [1.82, 2.24) is 4.98 Å². The lowest BCUT2D eigenvalue weighted by molar-refractivity contribution is 0.103. The number of rotatable bonds is 3. The molecule has 0 fully saturated rings. The van der Waals surface area contributed by atoms with E-state index in [0.29, 0.717) is 28.4 Å². The number of carbonyl (C=O) groups is 1. The van der Waals surface area contributed by atoms with Gasteiger partial charge in [-0.05, 0) is 19.1 Å². The van der Waals surface area contributed by atoms with Crippen molar-refractivity contribution in [1.29, 1.82) is 5.26 Å². The summed E-state index contributed by atoms with van der Waals surface area (Å²) in [6, 6.07) is 8.89. The van der Waals surface area contributed by atoms with Crippen molar-refractivity contribution in [2.45, 2.75) is 13.5 Å². The zero-order chi connectivity index (χ0) is 13.8. The second-order valence-electron chi connectivity index (χ2n) is 3.84. The molecule has 0 aliphatic carbocycles. The molecule has 96 valence electrons. The molecular formula is C13H12N4OS. The number of hydrogen-bond donors (Lipinski definition) is 2. The lowest BCUT2D eigenvalue weighted by Gasteiger charge is -2.05. The normalized spacial score (nSPS) is 9.95. The van der Waals surface area contributed by atoms with Gasteiger partial charge in [-0.3, -0.25) is 4.79 Å². The first kappa shape index (κ1) is 13.2. The van der Waals surface area contributed by atoms with Crippen LogP contribution >= 0.6 is 11.3 Å². The molecule has 1 aromatic heterocycles. The monoisotopic (exact) mass is 272 g/mol. The van der Waals surface area contributed by atoms with E-state index < -0.39 is 0 Å². The topological polar surface area (TPSA) is 91.8 Å². The second kappa shape index (κ2) is 5.61. The molecule has 0 radical (unpaired) electrons. The number of nitrogens with one attached hydrogen (secondary N) is 1. The zero-order valence-electron chi connectivity index (χ0n) is 10.3. The van der Waals surface area contributed by atoms with Crippen molar-refractivity contribution >= 4 is 22.9 Å². The second-order valence-corrected chi connectivity index (χ2v) is 4.92. The van der Waals surface area contributed by atoms with Gasteiger partial charge >= 0.3 is 0 Å². The van der Waals surface area contributed by atoms with E-state index in [1.807, 2.05) is 6.07 Å². The van der Waals surface area contributed by atoms with Gasteiger partial charge in [0.05, 0.1) is 16.9 Å². The lowest BCUT2D eigenvalue weighted by Crippen LogP contribution is -2.12. The minimum atomic E-state index is -0.266. The van der Waals surface area contributed by atoms with Crippen LogP contribution in [0.4, 0.5) is 5.69 Å². The molecule has 2 aromatic rings. The number of nitrogens with zero attached hydrogens (tertiary/aromatic N) is 2. The van der Waals surface area contributed by atoms with Gasteiger partial charge in [0.2, 0.25) is 0 Å². The smallest absolute Gasteiger partial charge is 0.267 e. The third-order valence-corrected chi connectivity index (χ3v) is 3.70. The SMILES string of the molecule is Cc1nc(CN)sc1C(=O)Nc1ccccc1C#N. The third-order valence-electron chi connectivity index (χ3n) is 2.52. The molecular weight excluding hydrogens is 260 g/mol. The number of amides is 1. The zero-order valence-corrected chi connectivity index (χ0v) is 11.1. The highest BCUT2D eigenvalue weighted by Crippen LogP contribution is 2.21. The van der Waals surface area contributed by atoms with Gasteiger partial charge in [0.1, 0.15) is 16.0 Å². The molecule has 1 heterocycles. The molecule has 0 aliphatic rings. The first-order valence-corrected chi connectivity index (χ1v) is 6.44. The maximum Gasteiger partial charge on any atom is 0.267 e. The summed E-state index contributed by atoms with van der Waals surface area (Å²) in [5, 5.41) is 12.4. The van der Waals surface area contributed by atoms with Crippen LogP contribution in [0.25, 0.3) is 0 Å². The van der Waals surface area contributed by atoms with Crippen molar-refractivity contribution in [2.24, 2.45) is 5.73 Å². The molecule has 0 atom stereocenters. The summed E-state index contributed by atoms with van der Waals surface area (Å²) in [4.78, 5) is 16.9. The maximum atomic E-state index is 12.1. The first-order chi connectivity index (χ1) is 9.15. The number of nitriles is 1. The van der Waals surface area contributed by atoms with Crippen LogP contribution in [0, 0.1) is 18.3 Å². The number of benzene rings is 1. The number of thiazole rings is 1. The highest BCUT2D eigenvalue weighted by molar-refractivity contribution is 7.13. The van der Waals surface area contributed by atoms with Crippen LogP contribution in [-0.2, 0) is 6.54 Å². The molecule has 0 unspecified atom stereocenters. The molecule has 3 N–H and O–H groups in total. The quantitative estimate of drug-likeness (QED) is 0.894. The first-order valence-electron chi connectivity index (χ1n) is 5.62. The predicted molar refractivity (Wildman–Crippen MR) is 73.9 cm³/mol. The van der Waals surface area contributed by atoms with Crippen molar-refractivity contribution in [2.75, 3.05) is 5.32 Å². The van der Waals surface area contributed by atoms with Crippen LogP contribution in [0.5, 0.6) is 0 Å². The fourth-order valence-corrected chi connectivity index (χ4v) is 2.46. The van der Waals surface area contributed by atoms with Gasteiger partial charge < -0.3 is 11.1 Å². The minimum absolute atomic E-state index is 0.266. The van der Waals surface area contributed by atoms with Crippen molar-refractivity contribution in [3.8, 4) is 6.07 Å². The third kappa shape index (κ3) is 2.78. The number of para-hydroxylation sites is 1. The summed E-state index contributed by atoms with van der Waals surface area (Å²) >= 11 is 1.27. The van der Waals surface area contributed by atoms with E-state index in [-0.39, 0.29) is 5.91 Å². The van der Waals surface area contributed by atoms with E-state index >= 15 is 0 Å². The standard InChI is InChI=1S/C13H12N4OS/c1-8-12(19-11(7-15)16-8)13(18)17-10-5-3-2-4-9(10)6-14/h2-5H,7,15H2,1H3,(H,17,18). The Balaban J connectivity index is 2.26. The fraction of sp³-hybridized carbons (Fsp3) is 0.154. The Kier molecular flexibility index (Phi) is 3.90. The van der Waals surface area contributed by atoms with Gasteiger partial charge in [0, 0.05) is 6.54 Å². The van der Waals surface area contributed by atoms with Crippen LogP contribution in [0.3, 0.4) is 0 Å². The Morgan fingerprint density at radius 1 is 1.53 bits per heavy atom. The van der Waals surface area contributed by atoms with Gasteiger partial charge in [-0.25, -0.2) is 4.98 Å². The Morgan fingerprint density at radius 3 is 2.89 bits per heavy atom. The van der Waals surface area contributed by atoms with Crippen LogP contribution in [0.1, 0.15) is 25.9 Å². The predicted octanol–water partition coefficient (Wildman–Crippen LogP) is 2.03. The van der Waals surface area contributed by atoms with Crippen LogP contribution in [-0.4, -0.2) is 10.9 Å². The molecule has 6 heteroatoms. The molecule has 0 saturated carbocycles. The van der Waals surface area contributed by atoms with E-state index in [0.717, 1.165) is 5.01 Å². The maximum absolute atomic E-state index is 12.1. The number of carbonyl (C=O) groups excluding carboxylic acids is 1. The molecule has 1 amide bonds. The van der Waals surface area contributed by atoms with Crippen molar-refractivity contribution in [3.05, 3.63) is 45.4 Å². The Morgan fingerprint density at radius 2 is 2.26 bits per heavy atom. The van der Waals surface area contributed by atoms with Crippen LogP contribution < -0.4 is 11.1 Å². The van der Waals surface area contributed by atoms with E-state index in [9.17, 15) is 4.79 Å². The van der Waals surface area contributed by atoms with Crippen molar-refractivity contribution < 1.29 is 4.79 Å². The number of nitrogens with two attached hydrogens (primary N) is 1. The van der Waals surface area contributed by atoms with Crippen LogP contribution in [0.15, 0.2) is 24.3 Å². The molecule has 0 aliphatic heterocycles. The van der Waals surface area contributed by atoms with E-state index in [4.69, 9.17) is 11.0 Å². The number of aromatic nitrogens is 1. The van der Waals surface area contributed by atoms with Gasteiger partial charge in [0.25, 0.3) is 5.91 Å². The summed E-state index contributed by atoms with van der Waals surface area (Å²) in [5.41, 5.74) is 7.08. The Labute approximate surface area is 114 Å². The molecule has 0 bridgehead atoms. The summed E-state index contributed by atoms with van der Waals surface area (Å²) in [7, 11) is 0. The Hall–Kier alpha value is -2.23. The average Bonchev–Trinajstić information content (AvgIpc) is 2.80. The van der Waals surface area contributed by atoms with Gasteiger partial charge in [-0.2, -0.15) is 5.26 Å². The minimum Gasteiger partial charge on any atom is -0.325 e. The number of hydrogen-bond acceptors (Lipinski definition) is 5. The molecule has 0 saturated heterocycles. The van der Waals surface area contributed by atoms with E-state index in [2.05, 4.69) is 10.3 Å². The molecule has 1 aromatic carbocycles. The van der Waals surface area contributed by atoms with Crippen molar-refractivity contribution in [3.63, 3.8) is 0 Å². The van der Waals surface area contributed by atoms with E-state index in [1.165, 1.54) is 11.3 Å². The molecule has 19 heavy (non-hydrogen) atoms. The largest absolute Gasteiger partial charge is 0.325 e. The van der Waals surface area contributed by atoms with E-state index in [1.54, 1.807) is 31.2 Å². The lowest BCUT2D eigenvalue weighted by atomic mass is 10.2. The summed E-state index contributed by atoms with van der Waals surface area (Å²) in [6.07, 6.45) is 0.